The van der Waals surface area contributed by atoms with Crippen molar-refractivity contribution in [3.05, 3.63) is 77.9 Å². The molecule has 2 aromatic carbocycles. The fourth-order valence-corrected chi connectivity index (χ4v) is 2.50. The lowest BCUT2D eigenvalue weighted by atomic mass is 10.1. The van der Waals surface area contributed by atoms with Gasteiger partial charge in [-0.3, -0.25) is 0 Å². The Hall–Kier alpha value is -2.52. The van der Waals surface area contributed by atoms with Crippen molar-refractivity contribution in [3.8, 4) is 0 Å². The maximum Gasteiger partial charge on any atom is 0.101 e. The lowest BCUT2D eigenvalue weighted by Crippen LogP contribution is -2.08. The van der Waals surface area contributed by atoms with E-state index in [9.17, 15) is 0 Å². The van der Waals surface area contributed by atoms with Crippen LogP contribution in [-0.2, 0) is 4.74 Å². The quantitative estimate of drug-likeness (QED) is 0.677. The highest BCUT2D eigenvalue weighted by Gasteiger charge is 2.06. The Morgan fingerprint density at radius 3 is 1.76 bits per heavy atom. The van der Waals surface area contributed by atoms with Crippen LogP contribution in [0.4, 0.5) is 11.4 Å². The molecule has 0 radical (unpaired) electrons. The maximum absolute atomic E-state index is 5.59. The fraction of sp³-hybridized carbons (Fsp3) is 0.273. The van der Waals surface area contributed by atoms with E-state index >= 15 is 0 Å². The number of hydrogen-bond acceptors (Lipinski definition) is 3. The summed E-state index contributed by atoms with van der Waals surface area (Å²) in [4.78, 5) is 4.18. The van der Waals surface area contributed by atoms with E-state index in [1.165, 1.54) is 16.9 Å². The monoisotopic (exact) mass is 336 g/mol. The van der Waals surface area contributed by atoms with Crippen molar-refractivity contribution >= 4 is 17.5 Å². The predicted molar refractivity (Wildman–Crippen MR) is 109 cm³/mol. The van der Waals surface area contributed by atoms with Crippen LogP contribution in [0.25, 0.3) is 6.08 Å². The number of anilines is 2. The van der Waals surface area contributed by atoms with Crippen LogP contribution in [0.5, 0.6) is 0 Å². The van der Waals surface area contributed by atoms with E-state index in [2.05, 4.69) is 70.5 Å². The second-order valence-corrected chi connectivity index (χ2v) is 6.37. The third-order valence-corrected chi connectivity index (χ3v) is 4.09. The fourth-order valence-electron chi connectivity index (χ4n) is 2.50. The number of benzene rings is 2. The molecule has 0 aliphatic rings. The molecule has 0 spiro atoms. The van der Waals surface area contributed by atoms with E-state index < -0.39 is 0 Å². The van der Waals surface area contributed by atoms with Gasteiger partial charge in [0.1, 0.15) is 6.10 Å². The van der Waals surface area contributed by atoms with Gasteiger partial charge in [-0.1, -0.05) is 48.6 Å². The van der Waals surface area contributed by atoms with Crippen molar-refractivity contribution in [1.29, 1.82) is 0 Å². The Labute approximate surface area is 151 Å². The van der Waals surface area contributed by atoms with Crippen molar-refractivity contribution in [3.63, 3.8) is 0 Å². The molecule has 3 heteroatoms. The second-order valence-electron chi connectivity index (χ2n) is 6.37. The standard InChI is InChI=1S/C22H28N2O/c1-23(2)20-14-10-18(11-15-20)8-6-7-9-22(25-5)19-12-16-21(17-13-19)24(3)4/h6-17,22H,1-5H3. The first-order valence-corrected chi connectivity index (χ1v) is 8.43. The first kappa shape index (κ1) is 18.8. The van der Waals surface area contributed by atoms with Gasteiger partial charge in [0.25, 0.3) is 0 Å². The maximum atomic E-state index is 5.59. The van der Waals surface area contributed by atoms with E-state index in [1.54, 1.807) is 7.11 Å². The number of hydrogen-bond donors (Lipinski definition) is 0. The summed E-state index contributed by atoms with van der Waals surface area (Å²) in [7, 11) is 9.91. The van der Waals surface area contributed by atoms with Crippen LogP contribution in [0.2, 0.25) is 0 Å². The third-order valence-electron chi connectivity index (χ3n) is 4.09. The minimum atomic E-state index is -0.0445. The largest absolute Gasteiger partial charge is 0.378 e. The molecule has 132 valence electrons. The van der Waals surface area contributed by atoms with E-state index in [-0.39, 0.29) is 6.10 Å². The molecule has 25 heavy (non-hydrogen) atoms. The molecule has 0 amide bonds. The van der Waals surface area contributed by atoms with E-state index in [0.29, 0.717) is 0 Å². The second kappa shape index (κ2) is 9.09. The molecule has 0 N–H and O–H groups in total. The van der Waals surface area contributed by atoms with Crippen LogP contribution in [0.1, 0.15) is 17.2 Å². The smallest absolute Gasteiger partial charge is 0.101 e. The summed E-state index contributed by atoms with van der Waals surface area (Å²) in [6.07, 6.45) is 8.20. The zero-order chi connectivity index (χ0) is 18.2. The van der Waals surface area contributed by atoms with E-state index in [4.69, 9.17) is 4.74 Å². The summed E-state index contributed by atoms with van der Waals surface area (Å²) in [5, 5.41) is 0. The third kappa shape index (κ3) is 5.50. The summed E-state index contributed by atoms with van der Waals surface area (Å²) in [6, 6.07) is 16.9. The van der Waals surface area contributed by atoms with Gasteiger partial charge in [-0.2, -0.15) is 0 Å². The molecule has 1 atom stereocenters. The van der Waals surface area contributed by atoms with Gasteiger partial charge in [-0.25, -0.2) is 0 Å². The van der Waals surface area contributed by atoms with Crippen LogP contribution < -0.4 is 9.80 Å². The summed E-state index contributed by atoms with van der Waals surface area (Å²) >= 11 is 0. The van der Waals surface area contributed by atoms with Crippen molar-refractivity contribution in [2.24, 2.45) is 0 Å². The molecule has 0 aromatic heterocycles. The highest BCUT2D eigenvalue weighted by atomic mass is 16.5. The number of rotatable bonds is 7. The summed E-state index contributed by atoms with van der Waals surface area (Å²) in [6.45, 7) is 0. The van der Waals surface area contributed by atoms with Crippen molar-refractivity contribution in [2.75, 3.05) is 45.1 Å². The SMILES string of the molecule is COC(C=CC=Cc1ccc(N(C)C)cc1)c1ccc(N(C)C)cc1. The van der Waals surface area contributed by atoms with Crippen molar-refractivity contribution < 1.29 is 4.74 Å². The van der Waals surface area contributed by atoms with Crippen LogP contribution in [-0.4, -0.2) is 35.3 Å². The van der Waals surface area contributed by atoms with Gasteiger partial charge < -0.3 is 14.5 Å². The summed E-state index contributed by atoms with van der Waals surface area (Å²) in [5.74, 6) is 0. The van der Waals surface area contributed by atoms with Crippen molar-refractivity contribution in [1.82, 2.24) is 0 Å². The molecule has 0 aliphatic carbocycles. The van der Waals surface area contributed by atoms with Crippen LogP contribution >= 0.6 is 0 Å². The number of allylic oxidation sites excluding steroid dienone is 2. The van der Waals surface area contributed by atoms with Gasteiger partial charge in [-0.15, -0.1) is 0 Å². The molecule has 0 heterocycles. The average molecular weight is 336 g/mol. The Kier molecular flexibility index (Phi) is 6.84. The zero-order valence-electron chi connectivity index (χ0n) is 15.8. The van der Waals surface area contributed by atoms with Gasteiger partial charge in [0, 0.05) is 46.7 Å². The minimum Gasteiger partial charge on any atom is -0.378 e. The van der Waals surface area contributed by atoms with Gasteiger partial charge in [0.15, 0.2) is 0 Å². The molecule has 0 aliphatic heterocycles. The Morgan fingerprint density at radius 2 is 1.28 bits per heavy atom. The molecule has 1 unspecified atom stereocenters. The summed E-state index contributed by atoms with van der Waals surface area (Å²) in [5.41, 5.74) is 4.71. The number of nitrogens with zero attached hydrogens (tertiary/aromatic N) is 2. The summed E-state index contributed by atoms with van der Waals surface area (Å²) < 4.78 is 5.59. The average Bonchev–Trinajstić information content (AvgIpc) is 2.62. The number of ether oxygens (including phenoxy) is 1. The van der Waals surface area contributed by atoms with Crippen LogP contribution in [0.15, 0.2) is 66.8 Å². The molecule has 0 saturated carbocycles. The lowest BCUT2D eigenvalue weighted by Gasteiger charge is -2.15. The Bertz CT molecular complexity index is 698. The minimum absolute atomic E-state index is 0.0445. The Balaban J connectivity index is 2.00. The Morgan fingerprint density at radius 1 is 0.760 bits per heavy atom. The first-order valence-electron chi connectivity index (χ1n) is 8.43. The topological polar surface area (TPSA) is 15.7 Å². The van der Waals surface area contributed by atoms with Gasteiger partial charge in [0.2, 0.25) is 0 Å². The molecule has 2 rings (SSSR count). The molecular weight excluding hydrogens is 308 g/mol. The molecule has 3 nitrogen and oxygen atoms in total. The zero-order valence-corrected chi connectivity index (χ0v) is 15.8. The van der Waals surface area contributed by atoms with E-state index in [0.717, 1.165) is 5.56 Å². The normalized spacial score (nSPS) is 12.7. The first-order chi connectivity index (χ1) is 12.0. The molecule has 0 saturated heterocycles. The van der Waals surface area contributed by atoms with Crippen LogP contribution in [0.3, 0.4) is 0 Å². The van der Waals surface area contributed by atoms with Gasteiger partial charge in [0.05, 0.1) is 0 Å². The lowest BCUT2D eigenvalue weighted by molar-refractivity contribution is 0.143. The molecular formula is C22H28N2O. The highest BCUT2D eigenvalue weighted by molar-refractivity contribution is 5.56. The predicted octanol–water partition coefficient (Wildman–Crippen LogP) is 4.78. The van der Waals surface area contributed by atoms with E-state index in [1.807, 2.05) is 40.3 Å². The molecule has 0 fully saturated rings. The van der Waals surface area contributed by atoms with Gasteiger partial charge >= 0.3 is 0 Å². The number of methoxy groups -OCH3 is 1. The molecule has 2 aromatic rings. The van der Waals surface area contributed by atoms with Crippen molar-refractivity contribution in [2.45, 2.75) is 6.10 Å². The van der Waals surface area contributed by atoms with Crippen LogP contribution in [0, 0.1) is 0 Å². The van der Waals surface area contributed by atoms with Gasteiger partial charge in [-0.05, 0) is 35.4 Å². The molecule has 0 bridgehead atoms. The highest BCUT2D eigenvalue weighted by Crippen LogP contribution is 2.21.